The number of aromatic hydroxyl groups is 1. The number of anilines is 1. The maximum atomic E-state index is 12.6. The Balaban J connectivity index is 2.27. The molecule has 1 fully saturated rings. The van der Waals surface area contributed by atoms with Gasteiger partial charge in [0.2, 0.25) is 0 Å². The number of nitrogens with two attached hydrogens (primary N) is 1. The van der Waals surface area contributed by atoms with Crippen LogP contribution in [0.5, 0.6) is 5.75 Å². The first-order chi connectivity index (χ1) is 9.13. The summed E-state index contributed by atoms with van der Waals surface area (Å²) in [5.41, 5.74) is 6.71. The van der Waals surface area contributed by atoms with E-state index in [-0.39, 0.29) is 17.7 Å². The summed E-state index contributed by atoms with van der Waals surface area (Å²) in [6, 6.07) is 4.85. The summed E-state index contributed by atoms with van der Waals surface area (Å²) in [5.74, 6) is 0.0302. The van der Waals surface area contributed by atoms with Gasteiger partial charge in [0.05, 0.1) is 5.56 Å². The van der Waals surface area contributed by atoms with Gasteiger partial charge in [-0.1, -0.05) is 19.8 Å². The lowest BCUT2D eigenvalue weighted by molar-refractivity contribution is 0.0679. The summed E-state index contributed by atoms with van der Waals surface area (Å²) in [5, 5.41) is 9.54. The Bertz CT molecular complexity index is 459. The van der Waals surface area contributed by atoms with Crippen LogP contribution in [0.2, 0.25) is 0 Å². The first-order valence-corrected chi connectivity index (χ1v) is 7.03. The molecule has 104 valence electrons. The highest BCUT2D eigenvalue weighted by molar-refractivity contribution is 5.99. The van der Waals surface area contributed by atoms with Crippen molar-refractivity contribution in [3.63, 3.8) is 0 Å². The van der Waals surface area contributed by atoms with Crippen molar-refractivity contribution in [1.82, 2.24) is 4.90 Å². The molecule has 1 amide bonds. The van der Waals surface area contributed by atoms with Crippen LogP contribution in [0.25, 0.3) is 0 Å². The van der Waals surface area contributed by atoms with E-state index in [9.17, 15) is 9.90 Å². The fourth-order valence-corrected chi connectivity index (χ4v) is 2.75. The number of carbonyl (C=O) groups excluding carboxylic acids is 1. The molecule has 0 radical (unpaired) electrons. The average molecular weight is 262 g/mol. The number of rotatable bonds is 2. The molecule has 1 unspecified atom stereocenters. The summed E-state index contributed by atoms with van der Waals surface area (Å²) in [4.78, 5) is 14.6. The lowest BCUT2D eigenvalue weighted by Crippen LogP contribution is -2.39. The van der Waals surface area contributed by atoms with Crippen molar-refractivity contribution in [1.29, 1.82) is 0 Å². The fraction of sp³-hybridized carbons (Fsp3) is 0.533. The van der Waals surface area contributed by atoms with E-state index < -0.39 is 0 Å². The SMILES string of the molecule is CCC1CCCCCN1C(=O)c1cc(O)ccc1N. The van der Waals surface area contributed by atoms with Crippen LogP contribution in [0.15, 0.2) is 18.2 Å². The first-order valence-electron chi connectivity index (χ1n) is 7.03. The molecule has 2 rings (SSSR count). The number of likely N-dealkylation sites (tertiary alicyclic amines) is 1. The number of hydrogen-bond donors (Lipinski definition) is 2. The van der Waals surface area contributed by atoms with E-state index in [4.69, 9.17) is 5.73 Å². The summed E-state index contributed by atoms with van der Waals surface area (Å²) in [6.45, 7) is 2.90. The molecule has 0 aromatic heterocycles. The second-order valence-corrected chi connectivity index (χ2v) is 5.18. The summed E-state index contributed by atoms with van der Waals surface area (Å²) >= 11 is 0. The molecule has 4 nitrogen and oxygen atoms in total. The number of phenols is 1. The van der Waals surface area contributed by atoms with Crippen LogP contribution in [0.3, 0.4) is 0 Å². The number of phenolic OH excluding ortho intramolecular Hbond substituents is 1. The summed E-state index contributed by atoms with van der Waals surface area (Å²) in [6.07, 6.45) is 5.42. The van der Waals surface area contributed by atoms with Crippen LogP contribution in [-0.2, 0) is 0 Å². The average Bonchev–Trinajstić information content (AvgIpc) is 2.65. The number of benzene rings is 1. The summed E-state index contributed by atoms with van der Waals surface area (Å²) < 4.78 is 0. The van der Waals surface area contributed by atoms with Gasteiger partial charge in [-0.3, -0.25) is 4.79 Å². The van der Waals surface area contributed by atoms with Crippen molar-refractivity contribution in [2.75, 3.05) is 12.3 Å². The molecule has 1 aromatic carbocycles. The highest BCUT2D eigenvalue weighted by Gasteiger charge is 2.26. The van der Waals surface area contributed by atoms with Gasteiger partial charge in [-0.05, 0) is 37.5 Å². The van der Waals surface area contributed by atoms with Gasteiger partial charge < -0.3 is 15.7 Å². The van der Waals surface area contributed by atoms with E-state index in [0.29, 0.717) is 11.3 Å². The number of nitrogens with zero attached hydrogens (tertiary/aromatic N) is 1. The Hall–Kier alpha value is -1.71. The van der Waals surface area contributed by atoms with Gasteiger partial charge in [0, 0.05) is 18.3 Å². The largest absolute Gasteiger partial charge is 0.508 e. The first kappa shape index (κ1) is 13.7. The maximum Gasteiger partial charge on any atom is 0.256 e. The molecule has 1 aromatic rings. The highest BCUT2D eigenvalue weighted by Crippen LogP contribution is 2.25. The zero-order valence-corrected chi connectivity index (χ0v) is 11.4. The predicted octanol–water partition coefficient (Wildman–Crippen LogP) is 2.77. The number of nitrogen functional groups attached to an aromatic ring is 1. The van der Waals surface area contributed by atoms with Gasteiger partial charge in [-0.15, -0.1) is 0 Å². The highest BCUT2D eigenvalue weighted by atomic mass is 16.3. The minimum Gasteiger partial charge on any atom is -0.508 e. The van der Waals surface area contributed by atoms with Crippen LogP contribution < -0.4 is 5.73 Å². The number of hydrogen-bond acceptors (Lipinski definition) is 3. The van der Waals surface area contributed by atoms with E-state index in [1.807, 2.05) is 4.90 Å². The molecule has 0 spiro atoms. The normalized spacial score (nSPS) is 20.1. The molecule has 1 heterocycles. The molecule has 3 N–H and O–H groups in total. The van der Waals surface area contributed by atoms with Crippen molar-refractivity contribution in [3.8, 4) is 5.75 Å². The quantitative estimate of drug-likeness (QED) is 0.636. The predicted molar refractivity (Wildman–Crippen MR) is 76.1 cm³/mol. The molecule has 1 aliphatic heterocycles. The molecule has 1 atom stereocenters. The Morgan fingerprint density at radius 1 is 1.42 bits per heavy atom. The van der Waals surface area contributed by atoms with Crippen molar-refractivity contribution >= 4 is 11.6 Å². The third kappa shape index (κ3) is 3.00. The smallest absolute Gasteiger partial charge is 0.256 e. The van der Waals surface area contributed by atoms with E-state index in [0.717, 1.165) is 25.8 Å². The third-order valence-electron chi connectivity index (χ3n) is 3.88. The van der Waals surface area contributed by atoms with E-state index >= 15 is 0 Å². The Labute approximate surface area is 114 Å². The molecule has 0 aliphatic carbocycles. The second kappa shape index (κ2) is 5.95. The Morgan fingerprint density at radius 3 is 2.95 bits per heavy atom. The van der Waals surface area contributed by atoms with Crippen LogP contribution >= 0.6 is 0 Å². The molecule has 0 saturated carbocycles. The Kier molecular flexibility index (Phi) is 4.30. The topological polar surface area (TPSA) is 66.6 Å². The fourth-order valence-electron chi connectivity index (χ4n) is 2.75. The van der Waals surface area contributed by atoms with Crippen molar-refractivity contribution in [2.45, 2.75) is 45.1 Å². The monoisotopic (exact) mass is 262 g/mol. The lowest BCUT2D eigenvalue weighted by atomic mass is 10.1. The summed E-state index contributed by atoms with van der Waals surface area (Å²) in [7, 11) is 0. The second-order valence-electron chi connectivity index (χ2n) is 5.18. The molecule has 19 heavy (non-hydrogen) atoms. The standard InChI is InChI=1S/C15H22N2O2/c1-2-11-6-4-3-5-9-17(11)15(19)13-10-12(18)7-8-14(13)16/h7-8,10-11,18H,2-6,9,16H2,1H3. The maximum absolute atomic E-state index is 12.6. The molecule has 4 heteroatoms. The molecular formula is C15H22N2O2. The zero-order valence-electron chi connectivity index (χ0n) is 11.4. The van der Waals surface area contributed by atoms with Gasteiger partial charge in [-0.2, -0.15) is 0 Å². The van der Waals surface area contributed by atoms with Gasteiger partial charge in [0.25, 0.3) is 5.91 Å². The van der Waals surface area contributed by atoms with Gasteiger partial charge >= 0.3 is 0 Å². The van der Waals surface area contributed by atoms with Crippen LogP contribution in [0.1, 0.15) is 49.4 Å². The van der Waals surface area contributed by atoms with Crippen molar-refractivity contribution in [2.24, 2.45) is 0 Å². The van der Waals surface area contributed by atoms with Crippen LogP contribution in [-0.4, -0.2) is 28.5 Å². The Morgan fingerprint density at radius 2 is 2.21 bits per heavy atom. The molecular weight excluding hydrogens is 240 g/mol. The molecule has 1 saturated heterocycles. The van der Waals surface area contributed by atoms with Crippen molar-refractivity contribution < 1.29 is 9.90 Å². The zero-order chi connectivity index (χ0) is 13.8. The third-order valence-corrected chi connectivity index (χ3v) is 3.88. The lowest BCUT2D eigenvalue weighted by Gasteiger charge is -2.29. The molecule has 0 bridgehead atoms. The van der Waals surface area contributed by atoms with E-state index in [2.05, 4.69) is 6.92 Å². The number of carbonyl (C=O) groups is 1. The van der Waals surface area contributed by atoms with Crippen LogP contribution in [0, 0.1) is 0 Å². The number of amides is 1. The van der Waals surface area contributed by atoms with Crippen molar-refractivity contribution in [3.05, 3.63) is 23.8 Å². The minimum absolute atomic E-state index is 0.0536. The van der Waals surface area contributed by atoms with Crippen LogP contribution in [0.4, 0.5) is 5.69 Å². The van der Waals surface area contributed by atoms with Gasteiger partial charge in [0.1, 0.15) is 5.75 Å². The van der Waals surface area contributed by atoms with E-state index in [1.54, 1.807) is 6.07 Å². The van der Waals surface area contributed by atoms with Gasteiger partial charge in [0.15, 0.2) is 0 Å². The van der Waals surface area contributed by atoms with E-state index in [1.165, 1.54) is 25.0 Å². The minimum atomic E-state index is -0.0536. The molecule has 1 aliphatic rings. The van der Waals surface area contributed by atoms with Gasteiger partial charge in [-0.25, -0.2) is 0 Å².